The van der Waals surface area contributed by atoms with Gasteiger partial charge in [-0.05, 0) is 18.6 Å². The smallest absolute Gasteiger partial charge is 0.258 e. The lowest BCUT2D eigenvalue weighted by atomic mass is 10.2. The van der Waals surface area contributed by atoms with Crippen molar-refractivity contribution >= 4 is 32.3 Å². The van der Waals surface area contributed by atoms with E-state index in [0.29, 0.717) is 25.0 Å². The van der Waals surface area contributed by atoms with Crippen LogP contribution in [0.3, 0.4) is 0 Å². The number of rotatable bonds is 5. The standard InChI is InChI=1S/C14H16N2O3S/c1-19-8-4-7-16-14(18)11-12(17)9-5-2-3-6-10(9)20-13(11)15/h2-3,5-6H,4,7-8,15H2,1H3,(H,16,18). The Bertz CT molecular complexity index is 682. The first-order valence-corrected chi connectivity index (χ1v) is 7.05. The van der Waals surface area contributed by atoms with Gasteiger partial charge in [0.25, 0.3) is 5.91 Å². The van der Waals surface area contributed by atoms with Crippen LogP contribution in [0.15, 0.2) is 29.1 Å². The van der Waals surface area contributed by atoms with E-state index in [1.54, 1.807) is 19.2 Å². The van der Waals surface area contributed by atoms with Crippen LogP contribution in [-0.2, 0) is 4.74 Å². The molecule has 2 aromatic rings. The molecule has 1 aromatic carbocycles. The van der Waals surface area contributed by atoms with Gasteiger partial charge in [-0.2, -0.15) is 0 Å². The number of carbonyl (C=O) groups excluding carboxylic acids is 1. The fourth-order valence-corrected chi connectivity index (χ4v) is 2.82. The van der Waals surface area contributed by atoms with Gasteiger partial charge in [-0.3, -0.25) is 9.59 Å². The molecule has 0 aliphatic carbocycles. The maximum Gasteiger partial charge on any atom is 0.258 e. The van der Waals surface area contributed by atoms with Crippen molar-refractivity contribution in [3.05, 3.63) is 40.1 Å². The highest BCUT2D eigenvalue weighted by Crippen LogP contribution is 2.23. The Balaban J connectivity index is 2.29. The van der Waals surface area contributed by atoms with Crippen molar-refractivity contribution in [2.75, 3.05) is 26.0 Å². The van der Waals surface area contributed by atoms with Gasteiger partial charge in [0, 0.05) is 30.3 Å². The highest BCUT2D eigenvalue weighted by molar-refractivity contribution is 7.22. The van der Waals surface area contributed by atoms with Gasteiger partial charge in [0.2, 0.25) is 5.43 Å². The van der Waals surface area contributed by atoms with E-state index in [-0.39, 0.29) is 16.0 Å². The fourth-order valence-electron chi connectivity index (χ4n) is 1.88. The van der Waals surface area contributed by atoms with Gasteiger partial charge in [0.05, 0.1) is 0 Å². The fraction of sp³-hybridized carbons (Fsp3) is 0.286. The van der Waals surface area contributed by atoms with E-state index < -0.39 is 5.91 Å². The highest BCUT2D eigenvalue weighted by Gasteiger charge is 2.17. The second-order valence-corrected chi connectivity index (χ2v) is 5.35. The van der Waals surface area contributed by atoms with E-state index in [1.807, 2.05) is 12.1 Å². The number of nitrogens with two attached hydrogens (primary N) is 1. The monoisotopic (exact) mass is 292 g/mol. The Hall–Kier alpha value is -1.92. The zero-order chi connectivity index (χ0) is 14.5. The third-order valence-corrected chi connectivity index (χ3v) is 3.86. The van der Waals surface area contributed by atoms with E-state index in [9.17, 15) is 9.59 Å². The average Bonchev–Trinajstić information content (AvgIpc) is 2.43. The van der Waals surface area contributed by atoms with Crippen molar-refractivity contribution in [1.82, 2.24) is 5.32 Å². The van der Waals surface area contributed by atoms with Gasteiger partial charge < -0.3 is 15.8 Å². The molecule has 3 N–H and O–H groups in total. The predicted octanol–water partition coefficient (Wildman–Crippen LogP) is 1.61. The first-order valence-electron chi connectivity index (χ1n) is 6.23. The number of methoxy groups -OCH3 is 1. The molecule has 5 nitrogen and oxygen atoms in total. The average molecular weight is 292 g/mol. The normalized spacial score (nSPS) is 10.7. The Morgan fingerprint density at radius 2 is 2.15 bits per heavy atom. The summed E-state index contributed by atoms with van der Waals surface area (Å²) >= 11 is 1.25. The molecule has 0 saturated heterocycles. The summed E-state index contributed by atoms with van der Waals surface area (Å²) in [5, 5.41) is 3.46. The van der Waals surface area contributed by atoms with Crippen molar-refractivity contribution in [2.45, 2.75) is 6.42 Å². The van der Waals surface area contributed by atoms with Gasteiger partial charge in [0.15, 0.2) is 0 Å². The molecule has 20 heavy (non-hydrogen) atoms. The van der Waals surface area contributed by atoms with Gasteiger partial charge in [-0.1, -0.05) is 12.1 Å². The lowest BCUT2D eigenvalue weighted by molar-refractivity contribution is 0.0949. The van der Waals surface area contributed by atoms with E-state index in [2.05, 4.69) is 5.32 Å². The molecular formula is C14H16N2O3S. The molecule has 1 aromatic heterocycles. The summed E-state index contributed by atoms with van der Waals surface area (Å²) in [7, 11) is 1.60. The minimum absolute atomic E-state index is 0.0334. The molecule has 0 atom stereocenters. The second kappa shape index (κ2) is 6.49. The molecule has 0 bridgehead atoms. The van der Waals surface area contributed by atoms with Crippen molar-refractivity contribution in [1.29, 1.82) is 0 Å². The maximum atomic E-state index is 12.3. The van der Waals surface area contributed by atoms with Crippen LogP contribution >= 0.6 is 11.3 Å². The molecule has 0 aliphatic rings. The van der Waals surface area contributed by atoms with E-state index in [0.717, 1.165) is 4.70 Å². The summed E-state index contributed by atoms with van der Waals surface area (Å²) in [4.78, 5) is 24.4. The lowest BCUT2D eigenvalue weighted by Gasteiger charge is -2.07. The number of carbonyl (C=O) groups is 1. The third kappa shape index (κ3) is 2.97. The second-order valence-electron chi connectivity index (χ2n) is 4.27. The Morgan fingerprint density at radius 3 is 2.90 bits per heavy atom. The number of fused-ring (bicyclic) bond motifs is 1. The SMILES string of the molecule is COCCCNC(=O)c1c(N)sc2ccccc2c1=O. The van der Waals surface area contributed by atoms with Gasteiger partial charge in [-0.25, -0.2) is 0 Å². The number of amides is 1. The molecule has 1 amide bonds. The molecule has 0 spiro atoms. The number of anilines is 1. The first-order chi connectivity index (χ1) is 9.65. The van der Waals surface area contributed by atoms with Crippen molar-refractivity contribution < 1.29 is 9.53 Å². The molecule has 2 rings (SSSR count). The van der Waals surface area contributed by atoms with Crippen LogP contribution in [-0.4, -0.2) is 26.2 Å². The van der Waals surface area contributed by atoms with Crippen molar-refractivity contribution in [3.63, 3.8) is 0 Å². The molecule has 6 heteroatoms. The van der Waals surface area contributed by atoms with Crippen LogP contribution in [0.2, 0.25) is 0 Å². The van der Waals surface area contributed by atoms with Crippen LogP contribution < -0.4 is 16.5 Å². The quantitative estimate of drug-likeness (QED) is 0.820. The minimum atomic E-state index is -0.425. The number of nitrogens with one attached hydrogen (secondary N) is 1. The van der Waals surface area contributed by atoms with Crippen LogP contribution in [0.25, 0.3) is 10.1 Å². The number of ether oxygens (including phenoxy) is 1. The maximum absolute atomic E-state index is 12.3. The molecule has 106 valence electrons. The zero-order valence-corrected chi connectivity index (χ0v) is 12.0. The van der Waals surface area contributed by atoms with Crippen LogP contribution in [0.4, 0.5) is 5.00 Å². The number of hydrogen-bond donors (Lipinski definition) is 2. The molecule has 0 radical (unpaired) electrons. The Morgan fingerprint density at radius 1 is 1.40 bits per heavy atom. The molecule has 0 saturated carbocycles. The van der Waals surface area contributed by atoms with E-state index in [1.165, 1.54) is 11.3 Å². The Kier molecular flexibility index (Phi) is 4.70. The van der Waals surface area contributed by atoms with E-state index >= 15 is 0 Å². The van der Waals surface area contributed by atoms with Crippen molar-refractivity contribution in [2.24, 2.45) is 0 Å². The summed E-state index contributed by atoms with van der Waals surface area (Å²) in [5.41, 5.74) is 5.57. The molecule has 0 fully saturated rings. The van der Waals surface area contributed by atoms with Gasteiger partial charge in [0.1, 0.15) is 10.6 Å². The lowest BCUT2D eigenvalue weighted by Crippen LogP contribution is -2.30. The molecule has 0 unspecified atom stereocenters. The summed E-state index contributed by atoms with van der Waals surface area (Å²) in [5.74, 6) is -0.425. The first kappa shape index (κ1) is 14.5. The van der Waals surface area contributed by atoms with Crippen molar-refractivity contribution in [3.8, 4) is 0 Å². The Labute approximate surface area is 120 Å². The third-order valence-electron chi connectivity index (χ3n) is 2.86. The largest absolute Gasteiger partial charge is 0.390 e. The van der Waals surface area contributed by atoms with Crippen LogP contribution in [0.1, 0.15) is 16.8 Å². The molecular weight excluding hydrogens is 276 g/mol. The summed E-state index contributed by atoms with van der Waals surface area (Å²) in [6, 6.07) is 7.13. The van der Waals surface area contributed by atoms with Gasteiger partial charge in [-0.15, -0.1) is 11.3 Å². The van der Waals surface area contributed by atoms with E-state index in [4.69, 9.17) is 10.5 Å². The number of benzene rings is 1. The number of hydrogen-bond acceptors (Lipinski definition) is 5. The van der Waals surface area contributed by atoms with Crippen LogP contribution in [0.5, 0.6) is 0 Å². The summed E-state index contributed by atoms with van der Waals surface area (Å²) < 4.78 is 5.68. The minimum Gasteiger partial charge on any atom is -0.390 e. The summed E-state index contributed by atoms with van der Waals surface area (Å²) in [6.45, 7) is 1.00. The predicted molar refractivity (Wildman–Crippen MR) is 81.3 cm³/mol. The molecule has 0 aliphatic heterocycles. The molecule has 1 heterocycles. The zero-order valence-electron chi connectivity index (χ0n) is 11.1. The van der Waals surface area contributed by atoms with Crippen LogP contribution in [0, 0.1) is 0 Å². The highest BCUT2D eigenvalue weighted by atomic mass is 32.1. The van der Waals surface area contributed by atoms with Gasteiger partial charge >= 0.3 is 0 Å². The summed E-state index contributed by atoms with van der Waals surface area (Å²) in [6.07, 6.45) is 0.688. The topological polar surface area (TPSA) is 81.4 Å². The number of nitrogen functional groups attached to an aromatic ring is 1.